The van der Waals surface area contributed by atoms with Crippen LogP contribution in [0.4, 0.5) is 5.82 Å². The third-order valence-corrected chi connectivity index (χ3v) is 5.82. The van der Waals surface area contributed by atoms with Crippen LogP contribution >= 0.6 is 0 Å². The molecule has 0 aliphatic carbocycles. The van der Waals surface area contributed by atoms with Crippen LogP contribution in [-0.4, -0.2) is 54.8 Å². The van der Waals surface area contributed by atoms with Crippen molar-refractivity contribution in [1.29, 1.82) is 0 Å². The van der Waals surface area contributed by atoms with Gasteiger partial charge in [-0.3, -0.25) is 5.10 Å². The number of H-pyrrole nitrogens is 1. The largest absolute Gasteiger partial charge is 0.507 e. The molecule has 0 saturated heterocycles. The summed E-state index contributed by atoms with van der Waals surface area (Å²) in [7, 11) is 1.42. The summed E-state index contributed by atoms with van der Waals surface area (Å²) in [6, 6.07) is 2.56. The Morgan fingerprint density at radius 3 is 2.38 bits per heavy atom. The SMILES string of the molecule is COc1cc(O)c(CNc2nc(=NC(CO)C(C)C)n(C(C)C)c3c(C(C)C)[nH]nc23)cc1O. The van der Waals surface area contributed by atoms with Crippen molar-refractivity contribution in [3.8, 4) is 17.2 Å². The molecule has 0 fully saturated rings. The predicted octanol–water partition coefficient (Wildman–Crippen LogP) is 3.41. The van der Waals surface area contributed by atoms with E-state index >= 15 is 0 Å². The minimum atomic E-state index is -0.306. The Balaban J connectivity index is 2.20. The van der Waals surface area contributed by atoms with Crippen molar-refractivity contribution in [2.75, 3.05) is 19.0 Å². The number of rotatable bonds is 9. The summed E-state index contributed by atoms with van der Waals surface area (Å²) >= 11 is 0. The van der Waals surface area contributed by atoms with Crippen LogP contribution in [0.1, 0.15) is 64.8 Å². The number of fused-ring (bicyclic) bond motifs is 1. The second-order valence-corrected chi connectivity index (χ2v) is 9.34. The van der Waals surface area contributed by atoms with E-state index in [2.05, 4.69) is 43.2 Å². The van der Waals surface area contributed by atoms with Gasteiger partial charge in [-0.05, 0) is 31.7 Å². The van der Waals surface area contributed by atoms with E-state index in [1.54, 1.807) is 0 Å². The second kappa shape index (κ2) is 10.3. The molecule has 0 bridgehead atoms. The Kier molecular flexibility index (Phi) is 7.71. The molecule has 2 aromatic heterocycles. The highest BCUT2D eigenvalue weighted by Gasteiger charge is 2.21. The molecule has 0 amide bonds. The predicted molar refractivity (Wildman–Crippen MR) is 131 cm³/mol. The molecule has 1 unspecified atom stereocenters. The van der Waals surface area contributed by atoms with E-state index in [4.69, 9.17) is 14.7 Å². The smallest absolute Gasteiger partial charge is 0.228 e. The topological polar surface area (TPSA) is 141 Å². The quantitative estimate of drug-likeness (QED) is 0.301. The fourth-order valence-electron chi connectivity index (χ4n) is 3.81. The monoisotopic (exact) mass is 472 g/mol. The van der Waals surface area contributed by atoms with E-state index in [0.29, 0.717) is 22.5 Å². The van der Waals surface area contributed by atoms with Crippen molar-refractivity contribution < 1.29 is 20.1 Å². The van der Waals surface area contributed by atoms with Gasteiger partial charge in [0.25, 0.3) is 0 Å². The maximum atomic E-state index is 10.4. The number of aromatic amines is 1. The summed E-state index contributed by atoms with van der Waals surface area (Å²) in [5.41, 5.74) is 3.47. The van der Waals surface area contributed by atoms with Gasteiger partial charge in [-0.25, -0.2) is 4.99 Å². The van der Waals surface area contributed by atoms with Crippen molar-refractivity contribution in [3.63, 3.8) is 0 Å². The van der Waals surface area contributed by atoms with Crippen LogP contribution < -0.4 is 15.7 Å². The van der Waals surface area contributed by atoms with Crippen LogP contribution in [0.15, 0.2) is 17.1 Å². The van der Waals surface area contributed by atoms with Crippen LogP contribution in [0.3, 0.4) is 0 Å². The molecule has 1 aromatic carbocycles. The number of methoxy groups -OCH3 is 1. The van der Waals surface area contributed by atoms with E-state index in [1.165, 1.54) is 19.2 Å². The Bertz CT molecular complexity index is 1210. The summed E-state index contributed by atoms with van der Waals surface area (Å²) in [6.45, 7) is 12.4. The molecule has 0 spiro atoms. The first-order valence-corrected chi connectivity index (χ1v) is 11.6. The molecule has 0 aliphatic heterocycles. The lowest BCUT2D eigenvalue weighted by molar-refractivity contribution is 0.235. The molecule has 0 saturated carbocycles. The van der Waals surface area contributed by atoms with Crippen LogP contribution in [-0.2, 0) is 6.54 Å². The molecule has 5 N–H and O–H groups in total. The molecule has 3 aromatic rings. The normalized spacial score (nSPS) is 13.4. The van der Waals surface area contributed by atoms with Crippen molar-refractivity contribution in [3.05, 3.63) is 29.0 Å². The van der Waals surface area contributed by atoms with E-state index < -0.39 is 0 Å². The van der Waals surface area contributed by atoms with Gasteiger partial charge in [-0.15, -0.1) is 0 Å². The zero-order valence-electron chi connectivity index (χ0n) is 20.9. The second-order valence-electron chi connectivity index (χ2n) is 9.34. The minimum Gasteiger partial charge on any atom is -0.507 e. The first kappa shape index (κ1) is 25.4. The minimum absolute atomic E-state index is 0.0125. The molecule has 0 aliphatic rings. The lowest BCUT2D eigenvalue weighted by Gasteiger charge is -2.19. The summed E-state index contributed by atoms with van der Waals surface area (Å²) in [5.74, 6) is 0.914. The summed E-state index contributed by atoms with van der Waals surface area (Å²) in [4.78, 5) is 9.60. The zero-order valence-corrected chi connectivity index (χ0v) is 20.9. The van der Waals surface area contributed by atoms with Gasteiger partial charge in [0.1, 0.15) is 5.75 Å². The van der Waals surface area contributed by atoms with Gasteiger partial charge >= 0.3 is 0 Å². The number of hydrogen-bond donors (Lipinski definition) is 5. The number of nitrogens with one attached hydrogen (secondary N) is 2. The maximum Gasteiger partial charge on any atom is 0.228 e. The van der Waals surface area contributed by atoms with Gasteiger partial charge in [-0.2, -0.15) is 10.1 Å². The number of aliphatic hydroxyl groups excluding tert-OH is 1. The standard InChI is InChI=1S/C24H36N6O4/c1-12(2)16(11-31)26-24-27-23(25-10-15-8-18(33)19(34-7)9-17(15)32)21-22(30(24)14(5)6)20(13(3)4)28-29-21/h8-9,12-14,16,31-33H,10-11H2,1-7H3,(H,28,29)(H,25,26,27). The molecule has 10 nitrogen and oxygen atoms in total. The highest BCUT2D eigenvalue weighted by molar-refractivity contribution is 5.87. The first-order chi connectivity index (χ1) is 16.1. The number of aromatic hydroxyl groups is 2. The molecule has 2 heterocycles. The Hall–Kier alpha value is -3.27. The number of anilines is 1. The highest BCUT2D eigenvalue weighted by Crippen LogP contribution is 2.34. The summed E-state index contributed by atoms with van der Waals surface area (Å²) in [5, 5.41) is 41.3. The number of phenolic OH excluding ortho intramolecular Hbond substituents is 2. The van der Waals surface area contributed by atoms with E-state index in [0.717, 1.165) is 11.2 Å². The van der Waals surface area contributed by atoms with Crippen molar-refractivity contribution in [2.24, 2.45) is 10.9 Å². The Morgan fingerprint density at radius 1 is 1.12 bits per heavy atom. The number of hydrogen-bond acceptors (Lipinski definition) is 8. The van der Waals surface area contributed by atoms with Gasteiger partial charge in [0, 0.05) is 24.2 Å². The molecule has 34 heavy (non-hydrogen) atoms. The molecule has 3 rings (SSSR count). The number of phenols is 2. The average molecular weight is 473 g/mol. The van der Waals surface area contributed by atoms with E-state index in [9.17, 15) is 15.3 Å². The third kappa shape index (κ3) is 4.96. The highest BCUT2D eigenvalue weighted by atomic mass is 16.5. The zero-order chi connectivity index (χ0) is 25.2. The number of nitrogens with zero attached hydrogens (tertiary/aromatic N) is 4. The summed E-state index contributed by atoms with van der Waals surface area (Å²) < 4.78 is 7.09. The van der Waals surface area contributed by atoms with Crippen molar-refractivity contribution in [2.45, 2.75) is 66.1 Å². The van der Waals surface area contributed by atoms with E-state index in [1.807, 2.05) is 18.4 Å². The molecule has 0 radical (unpaired) electrons. The maximum absolute atomic E-state index is 10.4. The van der Waals surface area contributed by atoms with Gasteiger partial charge in [-0.1, -0.05) is 27.7 Å². The van der Waals surface area contributed by atoms with Crippen LogP contribution in [0.25, 0.3) is 11.0 Å². The van der Waals surface area contributed by atoms with Crippen LogP contribution in [0, 0.1) is 5.92 Å². The molecule has 186 valence electrons. The molecular weight excluding hydrogens is 436 g/mol. The van der Waals surface area contributed by atoms with Crippen LogP contribution in [0.5, 0.6) is 17.2 Å². The molecular formula is C24H36N6O4. The lowest BCUT2D eigenvalue weighted by Crippen LogP contribution is -2.32. The summed E-state index contributed by atoms with van der Waals surface area (Å²) in [6.07, 6.45) is 0. The molecule has 10 heteroatoms. The average Bonchev–Trinajstić information content (AvgIpc) is 3.22. The van der Waals surface area contributed by atoms with Gasteiger partial charge in [0.15, 0.2) is 22.8 Å². The van der Waals surface area contributed by atoms with E-state index in [-0.39, 0.29) is 54.3 Å². The lowest BCUT2D eigenvalue weighted by atomic mass is 10.1. The molecule has 1 atom stereocenters. The van der Waals surface area contributed by atoms with Gasteiger partial charge < -0.3 is 29.9 Å². The van der Waals surface area contributed by atoms with Gasteiger partial charge in [0.05, 0.1) is 31.0 Å². The number of aliphatic hydroxyl groups is 1. The van der Waals surface area contributed by atoms with Crippen molar-refractivity contribution >= 4 is 16.9 Å². The Morgan fingerprint density at radius 2 is 1.82 bits per heavy atom. The number of benzene rings is 1. The van der Waals surface area contributed by atoms with Gasteiger partial charge in [0.2, 0.25) is 5.62 Å². The fourth-order valence-corrected chi connectivity index (χ4v) is 3.81. The Labute approximate surface area is 199 Å². The third-order valence-electron chi connectivity index (χ3n) is 5.82. The fraction of sp³-hybridized carbons (Fsp3) is 0.542. The van der Waals surface area contributed by atoms with Crippen molar-refractivity contribution in [1.82, 2.24) is 19.7 Å². The number of aromatic nitrogens is 4. The number of ether oxygens (including phenoxy) is 1. The van der Waals surface area contributed by atoms with Crippen LogP contribution in [0.2, 0.25) is 0 Å². The first-order valence-electron chi connectivity index (χ1n) is 11.6.